The average Bonchev–Trinajstić information content (AvgIpc) is 2.28. The molecule has 3 N–H and O–H groups in total. The quantitative estimate of drug-likeness (QED) is 0.768. The third-order valence-electron chi connectivity index (χ3n) is 2.56. The molecule has 0 bridgehead atoms. The Balaban J connectivity index is 2.79. The lowest BCUT2D eigenvalue weighted by atomic mass is 10.1. The Hall–Kier alpha value is -1.49. The van der Waals surface area contributed by atoms with Crippen molar-refractivity contribution in [3.8, 4) is 5.75 Å². The van der Waals surface area contributed by atoms with E-state index in [2.05, 4.69) is 5.32 Å². The zero-order valence-electron chi connectivity index (χ0n) is 11.3. The maximum Gasteiger partial charge on any atom is 0.167 e. The molecule has 0 radical (unpaired) electrons. The minimum absolute atomic E-state index is 0.168. The number of benzene rings is 1. The number of nitrogens with one attached hydrogen (secondary N) is 1. The summed E-state index contributed by atoms with van der Waals surface area (Å²) >= 11 is 0. The highest BCUT2D eigenvalue weighted by molar-refractivity contribution is 5.68. The molecule has 0 heterocycles. The van der Waals surface area contributed by atoms with Gasteiger partial charge in [-0.2, -0.15) is 0 Å². The number of ether oxygens (including phenoxy) is 2. The molecular formula is C13H21FN2O2. The first kappa shape index (κ1) is 14.6. The molecule has 0 atom stereocenters. The van der Waals surface area contributed by atoms with E-state index in [1.165, 1.54) is 13.2 Å². The number of rotatable bonds is 6. The Morgan fingerprint density at radius 3 is 2.61 bits per heavy atom. The molecule has 1 aromatic carbocycles. The van der Waals surface area contributed by atoms with Crippen LogP contribution in [0.4, 0.5) is 15.8 Å². The van der Waals surface area contributed by atoms with Crippen LogP contribution in [0, 0.1) is 5.82 Å². The summed E-state index contributed by atoms with van der Waals surface area (Å²) in [6, 6.07) is 2.79. The van der Waals surface area contributed by atoms with Gasteiger partial charge in [0.1, 0.15) is 0 Å². The standard InChI is InChI=1S/C13H21FN2O2/c1-5-18-13(2,3)8-16-11-7-12(17-4)9(14)6-10(11)15/h6-7,16H,5,8,15H2,1-4H3. The van der Waals surface area contributed by atoms with Gasteiger partial charge in [-0.1, -0.05) is 0 Å². The van der Waals surface area contributed by atoms with E-state index in [9.17, 15) is 4.39 Å². The van der Waals surface area contributed by atoms with Crippen LogP contribution in [0.5, 0.6) is 5.75 Å². The Morgan fingerprint density at radius 2 is 2.06 bits per heavy atom. The van der Waals surface area contributed by atoms with E-state index in [4.69, 9.17) is 15.2 Å². The van der Waals surface area contributed by atoms with Crippen LogP contribution in [0.15, 0.2) is 12.1 Å². The van der Waals surface area contributed by atoms with Crippen molar-refractivity contribution in [1.82, 2.24) is 0 Å². The van der Waals surface area contributed by atoms with Gasteiger partial charge in [0.15, 0.2) is 11.6 Å². The molecule has 0 aliphatic heterocycles. The van der Waals surface area contributed by atoms with Crippen LogP contribution in [0.1, 0.15) is 20.8 Å². The van der Waals surface area contributed by atoms with Crippen molar-refractivity contribution >= 4 is 11.4 Å². The fourth-order valence-corrected chi connectivity index (χ4v) is 1.63. The summed E-state index contributed by atoms with van der Waals surface area (Å²) in [6.07, 6.45) is 0. The van der Waals surface area contributed by atoms with Gasteiger partial charge in [0.25, 0.3) is 0 Å². The van der Waals surface area contributed by atoms with Crippen LogP contribution in [0.25, 0.3) is 0 Å². The fourth-order valence-electron chi connectivity index (χ4n) is 1.63. The summed E-state index contributed by atoms with van der Waals surface area (Å²) in [6.45, 7) is 7.09. The maximum absolute atomic E-state index is 13.4. The van der Waals surface area contributed by atoms with Crippen LogP contribution in [-0.4, -0.2) is 25.9 Å². The minimum Gasteiger partial charge on any atom is -0.494 e. The third-order valence-corrected chi connectivity index (χ3v) is 2.56. The van der Waals surface area contributed by atoms with Gasteiger partial charge in [-0.3, -0.25) is 0 Å². The van der Waals surface area contributed by atoms with E-state index >= 15 is 0 Å². The monoisotopic (exact) mass is 256 g/mol. The van der Waals surface area contributed by atoms with Gasteiger partial charge in [-0.25, -0.2) is 4.39 Å². The number of hydrogen-bond donors (Lipinski definition) is 2. The van der Waals surface area contributed by atoms with Gasteiger partial charge >= 0.3 is 0 Å². The number of halogens is 1. The van der Waals surface area contributed by atoms with Gasteiger partial charge in [-0.05, 0) is 20.8 Å². The highest BCUT2D eigenvalue weighted by Crippen LogP contribution is 2.28. The summed E-state index contributed by atoms with van der Waals surface area (Å²) in [4.78, 5) is 0. The molecule has 0 aliphatic carbocycles. The largest absolute Gasteiger partial charge is 0.494 e. The third kappa shape index (κ3) is 3.77. The molecule has 0 saturated heterocycles. The van der Waals surface area contributed by atoms with Crippen molar-refractivity contribution in [3.63, 3.8) is 0 Å². The number of hydrogen-bond acceptors (Lipinski definition) is 4. The van der Waals surface area contributed by atoms with Crippen LogP contribution in [0.3, 0.4) is 0 Å². The predicted octanol–water partition coefficient (Wildman–Crippen LogP) is 2.64. The number of methoxy groups -OCH3 is 1. The Bertz CT molecular complexity index is 408. The molecule has 0 amide bonds. The topological polar surface area (TPSA) is 56.5 Å². The minimum atomic E-state index is -0.468. The molecule has 102 valence electrons. The molecule has 5 heteroatoms. The molecule has 1 rings (SSSR count). The van der Waals surface area contributed by atoms with Gasteiger partial charge in [0.2, 0.25) is 0 Å². The lowest BCUT2D eigenvalue weighted by Gasteiger charge is -2.26. The lowest BCUT2D eigenvalue weighted by Crippen LogP contribution is -2.33. The summed E-state index contributed by atoms with van der Waals surface area (Å²) < 4.78 is 23.8. The van der Waals surface area contributed by atoms with Crippen molar-refractivity contribution < 1.29 is 13.9 Å². The number of nitrogen functional groups attached to an aromatic ring is 1. The highest BCUT2D eigenvalue weighted by atomic mass is 19.1. The predicted molar refractivity (Wildman–Crippen MR) is 71.6 cm³/mol. The Kier molecular flexibility index (Phi) is 4.78. The molecule has 0 saturated carbocycles. The van der Waals surface area contributed by atoms with E-state index in [0.717, 1.165) is 0 Å². The summed E-state index contributed by atoms with van der Waals surface area (Å²) in [5.41, 5.74) is 6.42. The molecule has 0 spiro atoms. The fraction of sp³-hybridized carbons (Fsp3) is 0.538. The second-order valence-corrected chi connectivity index (χ2v) is 4.62. The van der Waals surface area contributed by atoms with Crippen molar-refractivity contribution in [2.24, 2.45) is 0 Å². The van der Waals surface area contributed by atoms with Gasteiger partial charge in [0.05, 0.1) is 24.1 Å². The lowest BCUT2D eigenvalue weighted by molar-refractivity contribution is 0.000706. The van der Waals surface area contributed by atoms with E-state index in [0.29, 0.717) is 24.5 Å². The maximum atomic E-state index is 13.4. The molecule has 0 unspecified atom stereocenters. The molecule has 0 aliphatic rings. The Labute approximate surface area is 107 Å². The summed E-state index contributed by atoms with van der Waals surface area (Å²) in [5.74, 6) is -0.300. The smallest absolute Gasteiger partial charge is 0.167 e. The molecular weight excluding hydrogens is 235 g/mol. The average molecular weight is 256 g/mol. The second kappa shape index (κ2) is 5.91. The van der Waals surface area contributed by atoms with E-state index < -0.39 is 5.82 Å². The van der Waals surface area contributed by atoms with Gasteiger partial charge in [0, 0.05) is 25.3 Å². The first-order chi connectivity index (χ1) is 8.39. The zero-order chi connectivity index (χ0) is 13.8. The van der Waals surface area contributed by atoms with Crippen molar-refractivity contribution in [3.05, 3.63) is 17.9 Å². The molecule has 18 heavy (non-hydrogen) atoms. The van der Waals surface area contributed by atoms with E-state index in [1.54, 1.807) is 6.07 Å². The van der Waals surface area contributed by atoms with E-state index in [-0.39, 0.29) is 11.4 Å². The Morgan fingerprint density at radius 1 is 1.39 bits per heavy atom. The van der Waals surface area contributed by atoms with Crippen LogP contribution < -0.4 is 15.8 Å². The van der Waals surface area contributed by atoms with Crippen LogP contribution in [-0.2, 0) is 4.74 Å². The summed E-state index contributed by atoms with van der Waals surface area (Å²) in [5, 5.41) is 3.14. The van der Waals surface area contributed by atoms with Crippen molar-refractivity contribution in [2.45, 2.75) is 26.4 Å². The normalized spacial score (nSPS) is 11.4. The highest BCUT2D eigenvalue weighted by Gasteiger charge is 2.18. The zero-order valence-corrected chi connectivity index (χ0v) is 11.3. The molecule has 4 nitrogen and oxygen atoms in total. The number of nitrogens with two attached hydrogens (primary N) is 1. The molecule has 0 aromatic heterocycles. The van der Waals surface area contributed by atoms with Crippen LogP contribution in [0.2, 0.25) is 0 Å². The molecule has 0 fully saturated rings. The molecule has 1 aromatic rings. The first-order valence-electron chi connectivity index (χ1n) is 5.90. The van der Waals surface area contributed by atoms with Crippen molar-refractivity contribution in [2.75, 3.05) is 31.3 Å². The van der Waals surface area contributed by atoms with Crippen LogP contribution >= 0.6 is 0 Å². The second-order valence-electron chi connectivity index (χ2n) is 4.62. The SMILES string of the molecule is CCOC(C)(C)CNc1cc(OC)c(F)cc1N. The summed E-state index contributed by atoms with van der Waals surface area (Å²) in [7, 11) is 1.42. The van der Waals surface area contributed by atoms with Gasteiger partial charge in [-0.15, -0.1) is 0 Å². The first-order valence-corrected chi connectivity index (χ1v) is 5.90. The number of anilines is 2. The van der Waals surface area contributed by atoms with Crippen molar-refractivity contribution in [1.29, 1.82) is 0 Å². The van der Waals surface area contributed by atoms with E-state index in [1.807, 2.05) is 20.8 Å². The van der Waals surface area contributed by atoms with Gasteiger partial charge < -0.3 is 20.5 Å².